The molecule has 0 N–H and O–H groups in total. The van der Waals surface area contributed by atoms with Crippen LogP contribution in [0.3, 0.4) is 0 Å². The SMILES string of the molecule is CCC(=O)Cc1nc(N2CCCCC2)no1. The Balaban J connectivity index is 1.98. The highest BCUT2D eigenvalue weighted by molar-refractivity contribution is 5.79. The van der Waals surface area contributed by atoms with Gasteiger partial charge in [0.1, 0.15) is 5.78 Å². The average molecular weight is 223 g/mol. The molecule has 1 aromatic rings. The first-order valence-electron chi connectivity index (χ1n) is 5.89. The topological polar surface area (TPSA) is 59.2 Å². The van der Waals surface area contributed by atoms with Crippen molar-refractivity contribution in [2.75, 3.05) is 18.0 Å². The number of anilines is 1. The summed E-state index contributed by atoms with van der Waals surface area (Å²) in [4.78, 5) is 17.6. The van der Waals surface area contributed by atoms with Gasteiger partial charge in [-0.25, -0.2) is 0 Å². The number of carbonyl (C=O) groups is 1. The van der Waals surface area contributed by atoms with E-state index in [4.69, 9.17) is 4.52 Å². The van der Waals surface area contributed by atoms with Gasteiger partial charge in [0.15, 0.2) is 0 Å². The van der Waals surface area contributed by atoms with Crippen molar-refractivity contribution in [3.05, 3.63) is 5.89 Å². The lowest BCUT2D eigenvalue weighted by Crippen LogP contribution is -2.30. The zero-order chi connectivity index (χ0) is 11.4. The van der Waals surface area contributed by atoms with Crippen LogP contribution >= 0.6 is 0 Å². The van der Waals surface area contributed by atoms with E-state index in [1.165, 1.54) is 19.3 Å². The number of carbonyl (C=O) groups excluding carboxylic acids is 1. The molecule has 0 radical (unpaired) electrons. The van der Waals surface area contributed by atoms with Crippen LogP contribution in [0.15, 0.2) is 4.52 Å². The van der Waals surface area contributed by atoms with E-state index in [0.717, 1.165) is 13.1 Å². The van der Waals surface area contributed by atoms with Gasteiger partial charge in [-0.1, -0.05) is 6.92 Å². The molecule has 0 aliphatic carbocycles. The summed E-state index contributed by atoms with van der Waals surface area (Å²) in [6, 6.07) is 0. The van der Waals surface area contributed by atoms with Crippen molar-refractivity contribution < 1.29 is 9.32 Å². The molecular formula is C11H17N3O2. The van der Waals surface area contributed by atoms with Crippen LogP contribution < -0.4 is 4.90 Å². The summed E-state index contributed by atoms with van der Waals surface area (Å²) in [5, 5.41) is 3.91. The Morgan fingerprint density at radius 1 is 1.38 bits per heavy atom. The van der Waals surface area contributed by atoms with E-state index in [0.29, 0.717) is 18.3 Å². The van der Waals surface area contributed by atoms with E-state index < -0.39 is 0 Å². The van der Waals surface area contributed by atoms with Gasteiger partial charge in [0, 0.05) is 19.5 Å². The van der Waals surface area contributed by atoms with Crippen molar-refractivity contribution in [1.82, 2.24) is 10.1 Å². The Hall–Kier alpha value is -1.39. The predicted octanol–water partition coefficient (Wildman–Crippen LogP) is 1.58. The minimum Gasteiger partial charge on any atom is -0.338 e. The first kappa shape index (κ1) is 11.1. The van der Waals surface area contributed by atoms with E-state index in [-0.39, 0.29) is 12.2 Å². The number of rotatable bonds is 4. The summed E-state index contributed by atoms with van der Waals surface area (Å²) in [5.74, 6) is 1.21. The number of piperidine rings is 1. The first-order valence-corrected chi connectivity index (χ1v) is 5.89. The van der Waals surface area contributed by atoms with E-state index >= 15 is 0 Å². The molecule has 0 bridgehead atoms. The highest BCUT2D eigenvalue weighted by Crippen LogP contribution is 2.16. The van der Waals surface area contributed by atoms with Crippen molar-refractivity contribution in [1.29, 1.82) is 0 Å². The Labute approximate surface area is 94.8 Å². The normalized spacial score (nSPS) is 16.4. The number of ketones is 1. The summed E-state index contributed by atoms with van der Waals surface area (Å²) in [7, 11) is 0. The number of hydrogen-bond acceptors (Lipinski definition) is 5. The molecule has 1 aromatic heterocycles. The molecule has 1 aliphatic rings. The Morgan fingerprint density at radius 3 is 2.81 bits per heavy atom. The summed E-state index contributed by atoms with van der Waals surface area (Å²) >= 11 is 0. The van der Waals surface area contributed by atoms with Crippen LogP contribution in [0.4, 0.5) is 5.95 Å². The number of Topliss-reactive ketones (excluding diaryl/α,β-unsaturated/α-hetero) is 1. The minimum atomic E-state index is 0.133. The molecular weight excluding hydrogens is 206 g/mol. The fourth-order valence-corrected chi connectivity index (χ4v) is 1.83. The second-order valence-corrected chi connectivity index (χ2v) is 4.10. The van der Waals surface area contributed by atoms with Gasteiger partial charge in [-0.15, -0.1) is 0 Å². The highest BCUT2D eigenvalue weighted by atomic mass is 16.5. The molecule has 2 heterocycles. The quantitative estimate of drug-likeness (QED) is 0.775. The van der Waals surface area contributed by atoms with Gasteiger partial charge < -0.3 is 9.42 Å². The van der Waals surface area contributed by atoms with Gasteiger partial charge in [0.05, 0.1) is 6.42 Å². The molecule has 0 spiro atoms. The van der Waals surface area contributed by atoms with E-state index in [2.05, 4.69) is 15.0 Å². The van der Waals surface area contributed by atoms with Gasteiger partial charge in [-0.3, -0.25) is 4.79 Å². The largest absolute Gasteiger partial charge is 0.338 e. The number of nitrogens with zero attached hydrogens (tertiary/aromatic N) is 3. The summed E-state index contributed by atoms with van der Waals surface area (Å²) in [6.07, 6.45) is 4.41. The van der Waals surface area contributed by atoms with E-state index in [9.17, 15) is 4.79 Å². The zero-order valence-corrected chi connectivity index (χ0v) is 9.61. The average Bonchev–Trinajstić information content (AvgIpc) is 2.78. The standard InChI is InChI=1S/C11H17N3O2/c1-2-9(15)8-10-12-11(13-16-10)14-6-4-3-5-7-14/h2-8H2,1H3. The van der Waals surface area contributed by atoms with Crippen LogP contribution in [-0.2, 0) is 11.2 Å². The third-order valence-electron chi connectivity index (χ3n) is 2.84. The van der Waals surface area contributed by atoms with E-state index in [1.54, 1.807) is 0 Å². The Morgan fingerprint density at radius 2 is 2.12 bits per heavy atom. The fourth-order valence-electron chi connectivity index (χ4n) is 1.83. The lowest BCUT2D eigenvalue weighted by molar-refractivity contribution is -0.118. The molecule has 0 aromatic carbocycles. The van der Waals surface area contributed by atoms with Gasteiger partial charge in [-0.05, 0) is 24.4 Å². The van der Waals surface area contributed by atoms with Crippen molar-refractivity contribution in [2.45, 2.75) is 39.0 Å². The molecule has 0 amide bonds. The van der Waals surface area contributed by atoms with Crippen LogP contribution in [0.5, 0.6) is 0 Å². The smallest absolute Gasteiger partial charge is 0.266 e. The molecule has 5 nitrogen and oxygen atoms in total. The van der Waals surface area contributed by atoms with Crippen molar-refractivity contribution in [3.8, 4) is 0 Å². The van der Waals surface area contributed by atoms with Gasteiger partial charge >= 0.3 is 0 Å². The monoisotopic (exact) mass is 223 g/mol. The molecule has 1 saturated heterocycles. The summed E-state index contributed by atoms with van der Waals surface area (Å²) in [5.41, 5.74) is 0. The second kappa shape index (κ2) is 5.09. The van der Waals surface area contributed by atoms with Crippen molar-refractivity contribution >= 4 is 11.7 Å². The number of hydrogen-bond donors (Lipinski definition) is 0. The van der Waals surface area contributed by atoms with Gasteiger partial charge in [-0.2, -0.15) is 4.98 Å². The van der Waals surface area contributed by atoms with Crippen molar-refractivity contribution in [2.24, 2.45) is 0 Å². The van der Waals surface area contributed by atoms with Gasteiger partial charge in [0.2, 0.25) is 5.89 Å². The maximum atomic E-state index is 11.2. The molecule has 16 heavy (non-hydrogen) atoms. The lowest BCUT2D eigenvalue weighted by atomic mass is 10.1. The van der Waals surface area contributed by atoms with Crippen LogP contribution in [0.1, 0.15) is 38.5 Å². The lowest BCUT2D eigenvalue weighted by Gasteiger charge is -2.24. The summed E-state index contributed by atoms with van der Waals surface area (Å²) < 4.78 is 5.07. The molecule has 5 heteroatoms. The van der Waals surface area contributed by atoms with Crippen LogP contribution in [-0.4, -0.2) is 29.0 Å². The molecule has 88 valence electrons. The summed E-state index contributed by atoms with van der Waals surface area (Å²) in [6.45, 7) is 3.81. The predicted molar refractivity (Wildman–Crippen MR) is 59.4 cm³/mol. The maximum Gasteiger partial charge on any atom is 0.266 e. The van der Waals surface area contributed by atoms with Crippen LogP contribution in [0.25, 0.3) is 0 Å². The molecule has 1 aliphatic heterocycles. The third-order valence-corrected chi connectivity index (χ3v) is 2.84. The van der Waals surface area contributed by atoms with Gasteiger partial charge in [0.25, 0.3) is 5.95 Å². The molecule has 2 rings (SSSR count). The van der Waals surface area contributed by atoms with Crippen LogP contribution in [0, 0.1) is 0 Å². The van der Waals surface area contributed by atoms with Crippen molar-refractivity contribution in [3.63, 3.8) is 0 Å². The van der Waals surface area contributed by atoms with E-state index in [1.807, 2.05) is 6.92 Å². The molecule has 0 atom stereocenters. The molecule has 0 unspecified atom stereocenters. The van der Waals surface area contributed by atoms with Crippen LogP contribution in [0.2, 0.25) is 0 Å². The third kappa shape index (κ3) is 2.59. The Bertz CT molecular complexity index is 356. The highest BCUT2D eigenvalue weighted by Gasteiger charge is 2.17. The zero-order valence-electron chi connectivity index (χ0n) is 9.61. The first-order chi connectivity index (χ1) is 7.79. The molecule has 0 saturated carbocycles. The second-order valence-electron chi connectivity index (χ2n) is 4.10. The minimum absolute atomic E-state index is 0.133. The number of aromatic nitrogens is 2. The molecule has 1 fully saturated rings. The Kier molecular flexibility index (Phi) is 3.54. The maximum absolute atomic E-state index is 11.2. The fraction of sp³-hybridized carbons (Fsp3) is 0.727.